The van der Waals surface area contributed by atoms with Crippen LogP contribution < -0.4 is 0 Å². The maximum Gasteiger partial charge on any atom is 0.303 e. The molecule has 1 N–H and O–H groups in total. The molecule has 0 radical (unpaired) electrons. The average molecular weight is 215 g/mol. The summed E-state index contributed by atoms with van der Waals surface area (Å²) < 4.78 is 5.29. The molecule has 0 saturated carbocycles. The Morgan fingerprint density at radius 2 is 2.40 bits per heavy atom. The van der Waals surface area contributed by atoms with Gasteiger partial charge in [0.2, 0.25) is 0 Å². The summed E-state index contributed by atoms with van der Waals surface area (Å²) in [7, 11) is 0. The molecule has 1 fully saturated rings. The molecule has 1 rings (SSSR count). The van der Waals surface area contributed by atoms with E-state index in [9.17, 15) is 4.79 Å². The number of carbonyl (C=O) groups is 1. The molecule has 88 valence electrons. The Balaban J connectivity index is 2.07. The van der Waals surface area contributed by atoms with E-state index in [2.05, 4.69) is 4.90 Å². The van der Waals surface area contributed by atoms with Crippen molar-refractivity contribution < 1.29 is 14.6 Å². The monoisotopic (exact) mass is 215 g/mol. The van der Waals surface area contributed by atoms with E-state index in [1.165, 1.54) is 0 Å². The fourth-order valence-corrected chi connectivity index (χ4v) is 2.02. The van der Waals surface area contributed by atoms with Gasteiger partial charge in [0, 0.05) is 26.1 Å². The minimum absolute atomic E-state index is 0.309. The molecule has 0 spiro atoms. The van der Waals surface area contributed by atoms with E-state index in [0.29, 0.717) is 12.3 Å². The third kappa shape index (κ3) is 5.14. The van der Waals surface area contributed by atoms with Gasteiger partial charge in [-0.25, -0.2) is 0 Å². The molecule has 0 aliphatic carbocycles. The van der Waals surface area contributed by atoms with Gasteiger partial charge in [0.15, 0.2) is 0 Å². The number of carboxylic acid groups (broad SMARTS) is 1. The highest BCUT2D eigenvalue weighted by Crippen LogP contribution is 2.20. The predicted molar refractivity (Wildman–Crippen MR) is 57.9 cm³/mol. The van der Waals surface area contributed by atoms with Crippen molar-refractivity contribution >= 4 is 5.97 Å². The van der Waals surface area contributed by atoms with Gasteiger partial charge in [0.05, 0.1) is 6.61 Å². The quantitative estimate of drug-likeness (QED) is 0.648. The van der Waals surface area contributed by atoms with Crippen LogP contribution in [0.2, 0.25) is 0 Å². The van der Waals surface area contributed by atoms with Gasteiger partial charge in [-0.15, -0.1) is 0 Å². The molecule has 1 heterocycles. The van der Waals surface area contributed by atoms with Crippen molar-refractivity contribution in [1.82, 2.24) is 4.90 Å². The summed E-state index contributed by atoms with van der Waals surface area (Å²) >= 11 is 0. The number of ether oxygens (including phenoxy) is 1. The number of carboxylic acids is 1. The molecule has 15 heavy (non-hydrogen) atoms. The smallest absolute Gasteiger partial charge is 0.303 e. The van der Waals surface area contributed by atoms with Gasteiger partial charge < -0.3 is 14.7 Å². The molecule has 4 heteroatoms. The van der Waals surface area contributed by atoms with E-state index < -0.39 is 5.97 Å². The maximum absolute atomic E-state index is 10.4. The molecule has 0 bridgehead atoms. The van der Waals surface area contributed by atoms with Crippen molar-refractivity contribution in [2.75, 3.05) is 32.8 Å². The Morgan fingerprint density at radius 3 is 3.07 bits per heavy atom. The highest BCUT2D eigenvalue weighted by molar-refractivity contribution is 5.66. The second kappa shape index (κ2) is 6.80. The lowest BCUT2D eigenvalue weighted by molar-refractivity contribution is -0.137. The molecule has 1 unspecified atom stereocenters. The van der Waals surface area contributed by atoms with E-state index in [1.54, 1.807) is 0 Å². The number of hydrogen-bond donors (Lipinski definition) is 1. The standard InChI is InChI=1S/C11H21NO3/c1-2-15-8-7-12-6-5-10(9-12)3-4-11(13)14/h10H,2-9H2,1H3,(H,13,14). The highest BCUT2D eigenvalue weighted by atomic mass is 16.5. The number of likely N-dealkylation sites (tertiary alicyclic amines) is 1. The van der Waals surface area contributed by atoms with Crippen molar-refractivity contribution in [1.29, 1.82) is 0 Å². The van der Waals surface area contributed by atoms with E-state index in [1.807, 2.05) is 6.92 Å². The fourth-order valence-electron chi connectivity index (χ4n) is 2.02. The number of rotatable bonds is 7. The van der Waals surface area contributed by atoms with Gasteiger partial charge >= 0.3 is 5.97 Å². The average Bonchev–Trinajstić information content (AvgIpc) is 2.63. The Bertz CT molecular complexity index is 196. The van der Waals surface area contributed by atoms with Gasteiger partial charge in [-0.05, 0) is 32.2 Å². The third-order valence-corrected chi connectivity index (χ3v) is 2.89. The summed E-state index contributed by atoms with van der Waals surface area (Å²) in [6.07, 6.45) is 2.27. The second-order valence-corrected chi connectivity index (χ2v) is 4.08. The summed E-state index contributed by atoms with van der Waals surface area (Å²) in [5, 5.41) is 8.58. The number of aliphatic carboxylic acids is 1. The summed E-state index contributed by atoms with van der Waals surface area (Å²) in [5.41, 5.74) is 0. The van der Waals surface area contributed by atoms with Crippen LogP contribution in [0.1, 0.15) is 26.2 Å². The summed E-state index contributed by atoms with van der Waals surface area (Å²) in [4.78, 5) is 12.8. The molecule has 1 aliphatic heterocycles. The van der Waals surface area contributed by atoms with E-state index in [-0.39, 0.29) is 0 Å². The highest BCUT2D eigenvalue weighted by Gasteiger charge is 2.22. The summed E-state index contributed by atoms with van der Waals surface area (Å²) in [5.74, 6) is -0.106. The Morgan fingerprint density at radius 1 is 1.60 bits per heavy atom. The van der Waals surface area contributed by atoms with Gasteiger partial charge in [-0.3, -0.25) is 4.79 Å². The van der Waals surface area contributed by atoms with Crippen LogP contribution in [0.15, 0.2) is 0 Å². The molecule has 0 aromatic heterocycles. The normalized spacial score (nSPS) is 22.1. The number of nitrogens with zero attached hydrogens (tertiary/aromatic N) is 1. The van der Waals surface area contributed by atoms with Crippen LogP contribution in [0.25, 0.3) is 0 Å². The number of hydrogen-bond acceptors (Lipinski definition) is 3. The molecule has 0 aromatic carbocycles. The van der Waals surface area contributed by atoms with E-state index >= 15 is 0 Å². The first kappa shape index (κ1) is 12.5. The van der Waals surface area contributed by atoms with Crippen LogP contribution in [-0.2, 0) is 9.53 Å². The van der Waals surface area contributed by atoms with Gasteiger partial charge in [0.1, 0.15) is 0 Å². The zero-order chi connectivity index (χ0) is 11.1. The maximum atomic E-state index is 10.4. The molecule has 1 atom stereocenters. The first-order valence-electron chi connectivity index (χ1n) is 5.74. The Kier molecular flexibility index (Phi) is 5.65. The van der Waals surface area contributed by atoms with Crippen LogP contribution >= 0.6 is 0 Å². The topological polar surface area (TPSA) is 49.8 Å². The van der Waals surface area contributed by atoms with Crippen molar-refractivity contribution in [3.05, 3.63) is 0 Å². The minimum atomic E-state index is -0.678. The van der Waals surface area contributed by atoms with Crippen molar-refractivity contribution in [3.8, 4) is 0 Å². The van der Waals surface area contributed by atoms with Gasteiger partial charge in [0.25, 0.3) is 0 Å². The SMILES string of the molecule is CCOCCN1CCC(CCC(=O)O)C1. The predicted octanol–water partition coefficient (Wildman–Crippen LogP) is 1.21. The van der Waals surface area contributed by atoms with Crippen LogP contribution in [0.5, 0.6) is 0 Å². The van der Waals surface area contributed by atoms with Crippen molar-refractivity contribution in [3.63, 3.8) is 0 Å². The molecule has 1 aliphatic rings. The van der Waals surface area contributed by atoms with Crippen LogP contribution in [0.3, 0.4) is 0 Å². The van der Waals surface area contributed by atoms with Gasteiger partial charge in [-0.1, -0.05) is 0 Å². The molecule has 1 saturated heterocycles. The molecule has 0 aromatic rings. The first-order chi connectivity index (χ1) is 7.22. The molecule has 4 nitrogen and oxygen atoms in total. The second-order valence-electron chi connectivity index (χ2n) is 4.08. The third-order valence-electron chi connectivity index (χ3n) is 2.89. The lowest BCUT2D eigenvalue weighted by Gasteiger charge is -2.15. The lowest BCUT2D eigenvalue weighted by Crippen LogP contribution is -2.25. The van der Waals surface area contributed by atoms with Crippen LogP contribution in [0.4, 0.5) is 0 Å². The molecular weight excluding hydrogens is 194 g/mol. The van der Waals surface area contributed by atoms with Crippen molar-refractivity contribution in [2.24, 2.45) is 5.92 Å². The van der Waals surface area contributed by atoms with E-state index in [4.69, 9.17) is 9.84 Å². The molecular formula is C11H21NO3. The van der Waals surface area contributed by atoms with Crippen LogP contribution in [-0.4, -0.2) is 48.8 Å². The summed E-state index contributed by atoms with van der Waals surface area (Å²) in [6.45, 7) is 6.69. The minimum Gasteiger partial charge on any atom is -0.481 e. The Hall–Kier alpha value is -0.610. The zero-order valence-corrected chi connectivity index (χ0v) is 9.45. The molecule has 0 amide bonds. The summed E-state index contributed by atoms with van der Waals surface area (Å²) in [6, 6.07) is 0. The van der Waals surface area contributed by atoms with Gasteiger partial charge in [-0.2, -0.15) is 0 Å². The van der Waals surface area contributed by atoms with Crippen LogP contribution in [0, 0.1) is 5.92 Å². The lowest BCUT2D eigenvalue weighted by atomic mass is 10.0. The first-order valence-corrected chi connectivity index (χ1v) is 5.74. The Labute approximate surface area is 91.2 Å². The fraction of sp³-hybridized carbons (Fsp3) is 0.909. The zero-order valence-electron chi connectivity index (χ0n) is 9.45. The van der Waals surface area contributed by atoms with Crippen molar-refractivity contribution in [2.45, 2.75) is 26.2 Å². The largest absolute Gasteiger partial charge is 0.481 e. The van der Waals surface area contributed by atoms with E-state index in [0.717, 1.165) is 45.7 Å².